The van der Waals surface area contributed by atoms with E-state index in [-0.39, 0.29) is 94.1 Å². The van der Waals surface area contributed by atoms with Crippen molar-refractivity contribution in [2.75, 3.05) is 31.9 Å². The molecule has 71 heavy (non-hydrogen) atoms. The number of amides is 8. The molecule has 9 atom stereocenters. The number of thiol groups is 1. The van der Waals surface area contributed by atoms with Gasteiger partial charge in [-0.2, -0.15) is 12.6 Å². The van der Waals surface area contributed by atoms with Crippen LogP contribution in [-0.2, 0) is 43.2 Å². The molecule has 27 heteroatoms. The van der Waals surface area contributed by atoms with E-state index in [1.807, 2.05) is 27.7 Å². The molecule has 26 nitrogen and oxygen atoms in total. The number of carbonyl (C=O) groups is 9. The van der Waals surface area contributed by atoms with Crippen LogP contribution in [0.5, 0.6) is 0 Å². The van der Waals surface area contributed by atoms with E-state index in [0.29, 0.717) is 32.2 Å². The van der Waals surface area contributed by atoms with Gasteiger partial charge in [-0.15, -0.1) is 0 Å². The second kappa shape index (κ2) is 32.8. The number of rotatable bonds is 33. The molecule has 0 aliphatic carbocycles. The maximum Gasteiger partial charge on any atom is 0.326 e. The Morgan fingerprint density at radius 1 is 0.592 bits per heavy atom. The quantitative estimate of drug-likeness (QED) is 0.0129. The van der Waals surface area contributed by atoms with Crippen molar-refractivity contribution in [3.8, 4) is 0 Å². The van der Waals surface area contributed by atoms with Gasteiger partial charge in [-0.05, 0) is 103 Å². The zero-order valence-corrected chi connectivity index (χ0v) is 42.9. The smallest absolute Gasteiger partial charge is 0.326 e. The molecular formula is C44H82N16O10S. The number of nitrogens with zero attached hydrogens (tertiary/aromatic N) is 3. The zero-order chi connectivity index (χ0) is 54.0. The van der Waals surface area contributed by atoms with Gasteiger partial charge >= 0.3 is 5.97 Å². The molecule has 404 valence electrons. The van der Waals surface area contributed by atoms with Crippen molar-refractivity contribution in [3.63, 3.8) is 0 Å². The first-order valence-corrected chi connectivity index (χ1v) is 24.8. The Morgan fingerprint density at radius 2 is 1.04 bits per heavy atom. The van der Waals surface area contributed by atoms with Crippen LogP contribution in [0.15, 0.2) is 9.98 Å². The van der Waals surface area contributed by atoms with Crippen LogP contribution in [0.4, 0.5) is 0 Å². The molecule has 0 aromatic rings. The van der Waals surface area contributed by atoms with Crippen LogP contribution in [0.2, 0.25) is 0 Å². The molecule has 1 saturated heterocycles. The van der Waals surface area contributed by atoms with Crippen molar-refractivity contribution in [2.24, 2.45) is 56.2 Å². The molecule has 1 rings (SSSR count). The van der Waals surface area contributed by atoms with E-state index in [2.05, 4.69) is 59.8 Å². The molecule has 0 saturated carbocycles. The minimum absolute atomic E-state index is 0.00967. The van der Waals surface area contributed by atoms with Crippen molar-refractivity contribution in [1.82, 2.24) is 42.1 Å². The van der Waals surface area contributed by atoms with Gasteiger partial charge in [0.25, 0.3) is 0 Å². The van der Waals surface area contributed by atoms with Crippen LogP contribution in [0, 0.1) is 11.8 Å². The third kappa shape index (κ3) is 24.1. The van der Waals surface area contributed by atoms with Crippen LogP contribution in [0.3, 0.4) is 0 Å². The van der Waals surface area contributed by atoms with E-state index in [0.717, 1.165) is 0 Å². The van der Waals surface area contributed by atoms with Crippen LogP contribution in [-0.4, -0.2) is 161 Å². The van der Waals surface area contributed by atoms with E-state index >= 15 is 0 Å². The highest BCUT2D eigenvalue weighted by Gasteiger charge is 2.39. The van der Waals surface area contributed by atoms with Crippen molar-refractivity contribution in [2.45, 2.75) is 167 Å². The summed E-state index contributed by atoms with van der Waals surface area (Å²) in [6.07, 6.45) is 2.86. The SMILES string of the molecule is CC(C)C[C@H](NC(=O)[C@@H](N)CC(C)C)C(=O)N[C@@H](CCCCN)C(=O)N[C@@H](CCCN=C(N)N)C(=O)N[C@@H](C)C(=O)N[C@@H](C)C(=O)N[C@@H](CS)C(=O)N1CCC[C@H]1C(=O)N[C@@H](CCCN=C(N)N)C(=O)O. The topological polar surface area (TPSA) is 442 Å². The molecule has 20 N–H and O–H groups in total. The Hall–Kier alpha value is -5.96. The van der Waals surface area contributed by atoms with Gasteiger partial charge in [-0.3, -0.25) is 48.3 Å². The monoisotopic (exact) mass is 1030 g/mol. The van der Waals surface area contributed by atoms with Gasteiger partial charge in [-0.25, -0.2) is 4.79 Å². The average Bonchev–Trinajstić information content (AvgIpc) is 3.79. The predicted octanol–water partition coefficient (Wildman–Crippen LogP) is -3.92. The summed E-state index contributed by atoms with van der Waals surface area (Å²) in [5.74, 6) is -7.31. The summed E-state index contributed by atoms with van der Waals surface area (Å²) < 4.78 is 0. The third-order valence-corrected chi connectivity index (χ3v) is 11.6. The minimum atomic E-state index is -1.28. The molecule has 1 heterocycles. The molecular weight excluding hydrogens is 945 g/mol. The van der Waals surface area contributed by atoms with E-state index < -0.39 is 108 Å². The average molecular weight is 1030 g/mol. The Bertz CT molecular complexity index is 1850. The van der Waals surface area contributed by atoms with Crippen LogP contribution >= 0.6 is 12.6 Å². The molecule has 0 aromatic heterocycles. The number of carboxylic acid groups (broad SMARTS) is 1. The molecule has 1 aliphatic heterocycles. The Labute approximate surface area is 421 Å². The summed E-state index contributed by atoms with van der Waals surface area (Å²) in [7, 11) is 0. The van der Waals surface area contributed by atoms with Crippen molar-refractivity contribution in [1.29, 1.82) is 0 Å². The van der Waals surface area contributed by atoms with Gasteiger partial charge in [-0.1, -0.05) is 27.7 Å². The second-order valence-electron chi connectivity index (χ2n) is 18.5. The Morgan fingerprint density at radius 3 is 1.54 bits per heavy atom. The van der Waals surface area contributed by atoms with Gasteiger partial charge in [0.2, 0.25) is 47.3 Å². The van der Waals surface area contributed by atoms with Crippen molar-refractivity contribution in [3.05, 3.63) is 0 Å². The zero-order valence-electron chi connectivity index (χ0n) is 42.0. The lowest BCUT2D eigenvalue weighted by Crippen LogP contribution is -2.60. The van der Waals surface area contributed by atoms with Gasteiger partial charge in [0, 0.05) is 25.4 Å². The molecule has 1 aliphatic rings. The number of carbonyl (C=O) groups excluding carboxylic acids is 8. The second-order valence-corrected chi connectivity index (χ2v) is 18.9. The fourth-order valence-electron chi connectivity index (χ4n) is 7.47. The molecule has 0 aromatic carbocycles. The number of aliphatic carboxylic acids is 1. The molecule has 8 amide bonds. The summed E-state index contributed by atoms with van der Waals surface area (Å²) >= 11 is 4.24. The van der Waals surface area contributed by atoms with Crippen molar-refractivity contribution >= 4 is 77.8 Å². The van der Waals surface area contributed by atoms with Crippen LogP contribution in [0.1, 0.15) is 112 Å². The summed E-state index contributed by atoms with van der Waals surface area (Å²) in [6, 6.07) is -10.4. The number of hydrogen-bond donors (Lipinski definition) is 15. The first kappa shape index (κ1) is 63.1. The predicted molar refractivity (Wildman–Crippen MR) is 271 cm³/mol. The van der Waals surface area contributed by atoms with Crippen LogP contribution in [0.25, 0.3) is 0 Å². The van der Waals surface area contributed by atoms with Crippen LogP contribution < -0.4 is 71.6 Å². The lowest BCUT2D eigenvalue weighted by Gasteiger charge is -2.29. The number of carboxylic acids is 1. The molecule has 1 fully saturated rings. The van der Waals surface area contributed by atoms with Crippen molar-refractivity contribution < 1.29 is 48.3 Å². The number of hydrogen-bond acceptors (Lipinski definition) is 14. The molecule has 0 radical (unpaired) electrons. The molecule has 0 bridgehead atoms. The molecule has 0 spiro atoms. The fraction of sp³-hybridized carbons (Fsp3) is 0.750. The largest absolute Gasteiger partial charge is 0.480 e. The maximum absolute atomic E-state index is 14.0. The number of nitrogens with two attached hydrogens (primary N) is 6. The lowest BCUT2D eigenvalue weighted by atomic mass is 9.99. The van der Waals surface area contributed by atoms with E-state index in [1.165, 1.54) is 18.7 Å². The molecule has 0 unspecified atom stereocenters. The standard InChI is InChI=1S/C44H82N16O10S/c1-23(2)20-27(46)36(63)58-31(21-24(3)4)39(66)56-28(12-7-8-16-45)38(65)55-29(13-9-17-51-43(47)48)37(64)54-25(5)34(61)53-26(6)35(62)59-32(22-71)41(68)60-19-11-15-33(60)40(67)57-30(42(69)70)14-10-18-52-44(49)50/h23-33,71H,7-22,45-46H2,1-6H3,(H,53,61)(H,54,64)(H,55,65)(H,56,66)(H,57,67)(H,58,63)(H,59,62)(H,69,70)(H4,47,48,51)(H4,49,50,52)/t25-,26-,27-,28-,29-,30-,31-,32-,33-/m0/s1. The highest BCUT2D eigenvalue weighted by atomic mass is 32.1. The number of unbranched alkanes of at least 4 members (excludes halogenated alkanes) is 1. The first-order chi connectivity index (χ1) is 33.3. The highest BCUT2D eigenvalue weighted by Crippen LogP contribution is 2.20. The summed E-state index contributed by atoms with van der Waals surface area (Å²) in [5.41, 5.74) is 33.4. The summed E-state index contributed by atoms with van der Waals surface area (Å²) in [4.78, 5) is 129. The number of aliphatic imine (C=N–C) groups is 2. The first-order valence-electron chi connectivity index (χ1n) is 24.2. The summed E-state index contributed by atoms with van der Waals surface area (Å²) in [6.45, 7) is 11.0. The maximum atomic E-state index is 14.0. The fourth-order valence-corrected chi connectivity index (χ4v) is 7.72. The highest BCUT2D eigenvalue weighted by molar-refractivity contribution is 7.80. The number of guanidine groups is 2. The Kier molecular flexibility index (Phi) is 29.2. The lowest BCUT2D eigenvalue weighted by molar-refractivity contribution is -0.145. The van der Waals surface area contributed by atoms with Gasteiger partial charge in [0.15, 0.2) is 11.9 Å². The number of nitrogens with one attached hydrogen (secondary N) is 7. The third-order valence-electron chi connectivity index (χ3n) is 11.3. The summed E-state index contributed by atoms with van der Waals surface area (Å²) in [5, 5.41) is 27.9. The Balaban J connectivity index is 3.14. The minimum Gasteiger partial charge on any atom is -0.480 e. The van der Waals surface area contributed by atoms with E-state index in [1.54, 1.807) is 0 Å². The van der Waals surface area contributed by atoms with E-state index in [4.69, 9.17) is 34.4 Å². The normalized spacial score (nSPS) is 16.7. The number of likely N-dealkylation sites (tertiary alicyclic amines) is 1. The van der Waals surface area contributed by atoms with Gasteiger partial charge < -0.3 is 81.6 Å². The van der Waals surface area contributed by atoms with Gasteiger partial charge in [0.05, 0.1) is 6.04 Å². The van der Waals surface area contributed by atoms with Gasteiger partial charge in [0.1, 0.15) is 48.3 Å². The van der Waals surface area contributed by atoms with E-state index in [9.17, 15) is 48.3 Å².